The van der Waals surface area contributed by atoms with Gasteiger partial charge in [-0.1, -0.05) is 23.7 Å². The summed E-state index contributed by atoms with van der Waals surface area (Å²) in [5, 5.41) is 4.34. The third kappa shape index (κ3) is 5.36. The Morgan fingerprint density at radius 2 is 2.00 bits per heavy atom. The second-order valence-corrected chi connectivity index (χ2v) is 8.79. The van der Waals surface area contributed by atoms with Crippen LogP contribution in [-0.2, 0) is 11.3 Å². The van der Waals surface area contributed by atoms with E-state index in [4.69, 9.17) is 16.3 Å². The van der Waals surface area contributed by atoms with Gasteiger partial charge in [-0.05, 0) is 68.1 Å². The van der Waals surface area contributed by atoms with E-state index >= 15 is 0 Å². The topological polar surface area (TPSA) is 41.6 Å². The zero-order chi connectivity index (χ0) is 18.0. The predicted octanol–water partition coefficient (Wildman–Crippen LogP) is 4.98. The van der Waals surface area contributed by atoms with Crippen LogP contribution in [0.3, 0.4) is 0 Å². The quantitative estimate of drug-likeness (QED) is 0.754. The van der Waals surface area contributed by atoms with Gasteiger partial charge in [0.2, 0.25) is 0 Å². The minimum Gasteiger partial charge on any atom is -0.444 e. The van der Waals surface area contributed by atoms with Crippen LogP contribution in [0.25, 0.3) is 0 Å². The van der Waals surface area contributed by atoms with Crippen molar-refractivity contribution in [2.24, 2.45) is 0 Å². The first-order chi connectivity index (χ1) is 11.1. The van der Waals surface area contributed by atoms with Crippen molar-refractivity contribution in [2.45, 2.75) is 58.2 Å². The maximum Gasteiger partial charge on any atom is 0.410 e. The fourth-order valence-electron chi connectivity index (χ4n) is 2.68. The average molecular weight is 418 g/mol. The second kappa shape index (κ2) is 7.63. The standard InChI is InChI=1S/C18H26BrClN2O2/c1-17(2,3)24-16(23)22-10-8-18(4,9-11-22)21-12-13-6-5-7-14(20)15(13)19/h5-7,21H,8-12H2,1-4H3. The average Bonchev–Trinajstić information content (AvgIpc) is 2.48. The highest BCUT2D eigenvalue weighted by Gasteiger charge is 2.33. The van der Waals surface area contributed by atoms with E-state index in [1.807, 2.05) is 32.9 Å². The molecule has 4 nitrogen and oxygen atoms in total. The number of likely N-dealkylation sites (tertiary alicyclic amines) is 1. The summed E-state index contributed by atoms with van der Waals surface area (Å²) >= 11 is 9.68. The van der Waals surface area contributed by atoms with Crippen LogP contribution in [0.4, 0.5) is 4.79 Å². The molecule has 2 rings (SSSR count). The smallest absolute Gasteiger partial charge is 0.410 e. The molecule has 6 heteroatoms. The number of carbonyl (C=O) groups excluding carboxylic acids is 1. The molecule has 1 aromatic carbocycles. The summed E-state index contributed by atoms with van der Waals surface area (Å²) in [6.45, 7) is 10.0. The number of hydrogen-bond acceptors (Lipinski definition) is 3. The number of piperidine rings is 1. The molecule has 0 unspecified atom stereocenters. The minimum absolute atomic E-state index is 0.000268. The molecule has 1 amide bonds. The van der Waals surface area contributed by atoms with Gasteiger partial charge in [-0.15, -0.1) is 0 Å². The molecule has 1 saturated heterocycles. The molecule has 1 aliphatic rings. The van der Waals surface area contributed by atoms with E-state index in [1.54, 1.807) is 4.90 Å². The summed E-state index contributed by atoms with van der Waals surface area (Å²) in [5.41, 5.74) is 0.688. The van der Waals surface area contributed by atoms with Gasteiger partial charge in [-0.3, -0.25) is 0 Å². The molecule has 1 fully saturated rings. The number of nitrogens with zero attached hydrogens (tertiary/aromatic N) is 1. The molecule has 0 aromatic heterocycles. The third-order valence-electron chi connectivity index (χ3n) is 4.26. The molecule has 0 atom stereocenters. The van der Waals surface area contributed by atoms with Gasteiger partial charge in [0.1, 0.15) is 5.60 Å². The first-order valence-corrected chi connectivity index (χ1v) is 9.43. The number of halogens is 2. The number of benzene rings is 1. The van der Waals surface area contributed by atoms with Crippen molar-refractivity contribution in [2.75, 3.05) is 13.1 Å². The van der Waals surface area contributed by atoms with Gasteiger partial charge in [0.25, 0.3) is 0 Å². The first-order valence-electron chi connectivity index (χ1n) is 8.25. The summed E-state index contributed by atoms with van der Waals surface area (Å²) in [6, 6.07) is 5.88. The second-order valence-electron chi connectivity index (χ2n) is 7.59. The SMILES string of the molecule is CC1(NCc2cccc(Cl)c2Br)CCN(C(=O)OC(C)(C)C)CC1. The molecule has 24 heavy (non-hydrogen) atoms. The van der Waals surface area contributed by atoms with Crippen molar-refractivity contribution in [3.8, 4) is 0 Å². The van der Waals surface area contributed by atoms with Crippen molar-refractivity contribution >= 4 is 33.6 Å². The molecule has 1 N–H and O–H groups in total. The summed E-state index contributed by atoms with van der Waals surface area (Å²) in [5.74, 6) is 0. The van der Waals surface area contributed by atoms with Gasteiger partial charge in [0.05, 0.1) is 5.02 Å². The molecule has 0 radical (unpaired) electrons. The molecule has 134 valence electrons. The molecular weight excluding hydrogens is 392 g/mol. The number of hydrogen-bond donors (Lipinski definition) is 1. The van der Waals surface area contributed by atoms with Gasteiger partial charge in [-0.2, -0.15) is 0 Å². The van der Waals surface area contributed by atoms with Gasteiger partial charge in [0.15, 0.2) is 0 Å². The predicted molar refractivity (Wildman–Crippen MR) is 101 cm³/mol. The van der Waals surface area contributed by atoms with E-state index in [1.165, 1.54) is 0 Å². The monoisotopic (exact) mass is 416 g/mol. The van der Waals surface area contributed by atoms with Gasteiger partial charge in [0, 0.05) is 29.6 Å². The summed E-state index contributed by atoms with van der Waals surface area (Å²) in [6.07, 6.45) is 1.57. The molecule has 0 aliphatic carbocycles. The van der Waals surface area contributed by atoms with Crippen LogP contribution >= 0.6 is 27.5 Å². The Hall–Kier alpha value is -0.780. The maximum absolute atomic E-state index is 12.1. The molecule has 0 saturated carbocycles. The largest absolute Gasteiger partial charge is 0.444 e. The lowest BCUT2D eigenvalue weighted by Gasteiger charge is -2.40. The van der Waals surface area contributed by atoms with E-state index in [0.29, 0.717) is 13.1 Å². The van der Waals surface area contributed by atoms with Crippen molar-refractivity contribution in [3.63, 3.8) is 0 Å². The van der Waals surface area contributed by atoms with Crippen molar-refractivity contribution in [1.29, 1.82) is 0 Å². The summed E-state index contributed by atoms with van der Waals surface area (Å²) < 4.78 is 6.39. The Kier molecular flexibility index (Phi) is 6.21. The van der Waals surface area contributed by atoms with Gasteiger partial charge >= 0.3 is 6.09 Å². The lowest BCUT2D eigenvalue weighted by Crippen LogP contribution is -2.53. The molecule has 1 aliphatic heterocycles. The highest BCUT2D eigenvalue weighted by atomic mass is 79.9. The molecular formula is C18H26BrClN2O2. The Balaban J connectivity index is 1.88. The lowest BCUT2D eigenvalue weighted by atomic mass is 9.89. The summed E-state index contributed by atoms with van der Waals surface area (Å²) in [4.78, 5) is 13.9. The third-order valence-corrected chi connectivity index (χ3v) is 5.74. The zero-order valence-electron chi connectivity index (χ0n) is 14.8. The Morgan fingerprint density at radius 3 is 2.58 bits per heavy atom. The van der Waals surface area contributed by atoms with Crippen LogP contribution in [-0.4, -0.2) is 35.2 Å². The Labute approximate surface area is 158 Å². The maximum atomic E-state index is 12.1. The number of ether oxygens (including phenoxy) is 1. The molecule has 1 heterocycles. The first kappa shape index (κ1) is 19.5. The van der Waals surface area contributed by atoms with Crippen molar-refractivity contribution in [1.82, 2.24) is 10.2 Å². The number of amides is 1. The van der Waals surface area contributed by atoms with E-state index in [0.717, 1.165) is 34.4 Å². The number of carbonyl (C=O) groups is 1. The van der Waals surface area contributed by atoms with Gasteiger partial charge < -0.3 is 15.0 Å². The highest BCUT2D eigenvalue weighted by molar-refractivity contribution is 9.10. The van der Waals surface area contributed by atoms with Crippen molar-refractivity contribution in [3.05, 3.63) is 33.3 Å². The van der Waals surface area contributed by atoms with Crippen LogP contribution in [0.5, 0.6) is 0 Å². The highest BCUT2D eigenvalue weighted by Crippen LogP contribution is 2.28. The van der Waals surface area contributed by atoms with Crippen molar-refractivity contribution < 1.29 is 9.53 Å². The van der Waals surface area contributed by atoms with Crippen LogP contribution in [0.2, 0.25) is 5.02 Å². The number of nitrogens with one attached hydrogen (secondary N) is 1. The Bertz CT molecular complexity index is 593. The van der Waals surface area contributed by atoms with Gasteiger partial charge in [-0.25, -0.2) is 4.79 Å². The fourth-order valence-corrected chi connectivity index (χ4v) is 3.28. The van der Waals surface area contributed by atoms with Crippen LogP contribution in [0, 0.1) is 0 Å². The van der Waals surface area contributed by atoms with Crippen LogP contribution in [0.1, 0.15) is 46.1 Å². The lowest BCUT2D eigenvalue weighted by molar-refractivity contribution is 0.0156. The van der Waals surface area contributed by atoms with E-state index < -0.39 is 5.60 Å². The van der Waals surface area contributed by atoms with E-state index in [-0.39, 0.29) is 11.6 Å². The molecule has 0 bridgehead atoms. The number of rotatable bonds is 3. The molecule has 1 aromatic rings. The molecule has 0 spiro atoms. The van der Waals surface area contributed by atoms with Crippen LogP contribution < -0.4 is 5.32 Å². The van der Waals surface area contributed by atoms with E-state index in [2.05, 4.69) is 34.2 Å². The minimum atomic E-state index is -0.449. The van der Waals surface area contributed by atoms with E-state index in [9.17, 15) is 4.79 Å². The summed E-state index contributed by atoms with van der Waals surface area (Å²) in [7, 11) is 0. The fraction of sp³-hybridized carbons (Fsp3) is 0.611. The Morgan fingerprint density at radius 1 is 1.38 bits per heavy atom. The van der Waals surface area contributed by atoms with Crippen LogP contribution in [0.15, 0.2) is 22.7 Å². The normalized spacial score (nSPS) is 17.7. The zero-order valence-corrected chi connectivity index (χ0v) is 17.1.